The molecular weight excluding hydrogens is 276 g/mol. The van der Waals surface area contributed by atoms with Crippen LogP contribution in [0.25, 0.3) is 0 Å². The lowest BCUT2D eigenvalue weighted by Crippen LogP contribution is -2.34. The zero-order valence-corrected chi connectivity index (χ0v) is 11.7. The van der Waals surface area contributed by atoms with E-state index in [0.717, 1.165) is 41.2 Å². The molecule has 0 bridgehead atoms. The van der Waals surface area contributed by atoms with Gasteiger partial charge in [0.15, 0.2) is 0 Å². The highest BCUT2D eigenvalue weighted by atomic mass is 79.9. The molecule has 2 nitrogen and oxygen atoms in total. The molecular formula is C14H17BrN2. The lowest BCUT2D eigenvalue weighted by Gasteiger charge is -2.33. The van der Waals surface area contributed by atoms with E-state index in [1.165, 1.54) is 12.8 Å². The topological polar surface area (TPSA) is 27.0 Å². The van der Waals surface area contributed by atoms with Crippen LogP contribution < -0.4 is 4.90 Å². The largest absolute Gasteiger partial charge is 0.370 e. The maximum Gasteiger partial charge on any atom is 0.101 e. The molecule has 1 unspecified atom stereocenters. The Labute approximate surface area is 111 Å². The van der Waals surface area contributed by atoms with E-state index in [0.29, 0.717) is 0 Å². The molecule has 1 atom stereocenters. The number of nitriles is 1. The predicted octanol–water partition coefficient (Wildman–Crippen LogP) is 3.69. The summed E-state index contributed by atoms with van der Waals surface area (Å²) in [5, 5.41) is 10.0. The molecule has 90 valence electrons. The molecule has 0 saturated carbocycles. The Morgan fingerprint density at radius 2 is 2.35 bits per heavy atom. The lowest BCUT2D eigenvalue weighted by molar-refractivity contribution is 0.446. The number of nitrogens with zero attached hydrogens (tertiary/aromatic N) is 2. The van der Waals surface area contributed by atoms with Crippen LogP contribution >= 0.6 is 15.9 Å². The van der Waals surface area contributed by atoms with Gasteiger partial charge in [-0.1, -0.05) is 28.9 Å². The molecule has 1 heterocycles. The maximum atomic E-state index is 9.24. The van der Waals surface area contributed by atoms with Gasteiger partial charge < -0.3 is 4.90 Å². The lowest BCUT2D eigenvalue weighted by atomic mass is 9.98. The van der Waals surface area contributed by atoms with E-state index in [1.807, 2.05) is 6.07 Å². The SMILES string of the molecule is CC1CCCN(c2ccc(CBr)cc2C#N)C1. The zero-order valence-electron chi connectivity index (χ0n) is 10.1. The summed E-state index contributed by atoms with van der Waals surface area (Å²) >= 11 is 3.43. The molecule has 1 aromatic rings. The number of alkyl halides is 1. The van der Waals surface area contributed by atoms with Crippen molar-refractivity contribution >= 4 is 21.6 Å². The summed E-state index contributed by atoms with van der Waals surface area (Å²) in [6.07, 6.45) is 2.53. The van der Waals surface area contributed by atoms with Crippen LogP contribution in [0.4, 0.5) is 5.69 Å². The highest BCUT2D eigenvalue weighted by molar-refractivity contribution is 9.08. The molecule has 1 aliphatic rings. The van der Waals surface area contributed by atoms with Crippen LogP contribution in [-0.2, 0) is 5.33 Å². The average Bonchev–Trinajstić information content (AvgIpc) is 2.38. The zero-order chi connectivity index (χ0) is 12.3. The van der Waals surface area contributed by atoms with Crippen molar-refractivity contribution in [2.24, 2.45) is 5.92 Å². The molecule has 2 rings (SSSR count). The smallest absolute Gasteiger partial charge is 0.101 e. The number of benzene rings is 1. The monoisotopic (exact) mass is 292 g/mol. The van der Waals surface area contributed by atoms with Gasteiger partial charge in [-0.2, -0.15) is 5.26 Å². The number of hydrogen-bond acceptors (Lipinski definition) is 2. The second-order valence-electron chi connectivity index (χ2n) is 4.79. The fourth-order valence-electron chi connectivity index (χ4n) is 2.44. The van der Waals surface area contributed by atoms with Gasteiger partial charge in [-0.3, -0.25) is 0 Å². The standard InChI is InChI=1S/C14H17BrN2/c1-11-3-2-6-17(10-11)14-5-4-12(8-15)7-13(14)9-16/h4-5,7,11H,2-3,6,8,10H2,1H3. The van der Waals surface area contributed by atoms with Crippen LogP contribution in [0.15, 0.2) is 18.2 Å². The van der Waals surface area contributed by atoms with Gasteiger partial charge in [0.1, 0.15) is 6.07 Å². The number of anilines is 1. The third-order valence-electron chi connectivity index (χ3n) is 3.33. The van der Waals surface area contributed by atoms with Crippen molar-refractivity contribution in [3.8, 4) is 6.07 Å². The highest BCUT2D eigenvalue weighted by Gasteiger charge is 2.18. The summed E-state index contributed by atoms with van der Waals surface area (Å²) in [5.74, 6) is 0.728. The number of piperidine rings is 1. The summed E-state index contributed by atoms with van der Waals surface area (Å²) in [6.45, 7) is 4.43. The Morgan fingerprint density at radius 3 is 3.00 bits per heavy atom. The van der Waals surface area contributed by atoms with Gasteiger partial charge in [-0.15, -0.1) is 0 Å². The summed E-state index contributed by atoms with van der Waals surface area (Å²) < 4.78 is 0. The van der Waals surface area contributed by atoms with Gasteiger partial charge >= 0.3 is 0 Å². The van der Waals surface area contributed by atoms with Gasteiger partial charge in [0.25, 0.3) is 0 Å². The quantitative estimate of drug-likeness (QED) is 0.778. The van der Waals surface area contributed by atoms with E-state index in [4.69, 9.17) is 0 Å². The van der Waals surface area contributed by atoms with Crippen LogP contribution in [0.1, 0.15) is 30.9 Å². The van der Waals surface area contributed by atoms with E-state index in [9.17, 15) is 5.26 Å². The fourth-order valence-corrected chi connectivity index (χ4v) is 2.79. The molecule has 1 aliphatic heterocycles. The van der Waals surface area contributed by atoms with Gasteiger partial charge in [0, 0.05) is 18.4 Å². The Hall–Kier alpha value is -1.01. The van der Waals surface area contributed by atoms with Crippen molar-refractivity contribution in [1.82, 2.24) is 0 Å². The van der Waals surface area contributed by atoms with E-state index >= 15 is 0 Å². The van der Waals surface area contributed by atoms with Crippen LogP contribution in [0, 0.1) is 17.2 Å². The number of rotatable bonds is 2. The minimum absolute atomic E-state index is 0.728. The minimum atomic E-state index is 0.728. The summed E-state index contributed by atoms with van der Waals surface area (Å²) in [4.78, 5) is 2.35. The van der Waals surface area contributed by atoms with Gasteiger partial charge in [0.05, 0.1) is 11.3 Å². The van der Waals surface area contributed by atoms with Crippen LogP contribution in [0.5, 0.6) is 0 Å². The Balaban J connectivity index is 2.28. The molecule has 0 radical (unpaired) electrons. The first-order valence-corrected chi connectivity index (χ1v) is 7.20. The van der Waals surface area contributed by atoms with Crippen molar-refractivity contribution in [3.63, 3.8) is 0 Å². The van der Waals surface area contributed by atoms with Crippen LogP contribution in [0.2, 0.25) is 0 Å². The predicted molar refractivity (Wildman–Crippen MR) is 74.4 cm³/mol. The molecule has 1 saturated heterocycles. The number of halogens is 1. The molecule has 1 aromatic carbocycles. The average molecular weight is 293 g/mol. The van der Waals surface area contributed by atoms with E-state index < -0.39 is 0 Å². The molecule has 0 amide bonds. The van der Waals surface area contributed by atoms with Crippen LogP contribution in [0.3, 0.4) is 0 Å². The minimum Gasteiger partial charge on any atom is -0.370 e. The van der Waals surface area contributed by atoms with E-state index in [2.05, 4.69) is 46.0 Å². The summed E-state index contributed by atoms with van der Waals surface area (Å²) in [5.41, 5.74) is 3.06. The molecule has 0 aliphatic carbocycles. The van der Waals surface area contributed by atoms with Gasteiger partial charge in [-0.05, 0) is 36.5 Å². The highest BCUT2D eigenvalue weighted by Crippen LogP contribution is 2.27. The molecule has 3 heteroatoms. The summed E-state index contributed by atoms with van der Waals surface area (Å²) in [7, 11) is 0. The van der Waals surface area contributed by atoms with E-state index in [1.54, 1.807) is 0 Å². The van der Waals surface area contributed by atoms with Gasteiger partial charge in [0.2, 0.25) is 0 Å². The van der Waals surface area contributed by atoms with Crippen molar-refractivity contribution in [1.29, 1.82) is 5.26 Å². The first-order chi connectivity index (χ1) is 8.24. The van der Waals surface area contributed by atoms with Crippen LogP contribution in [-0.4, -0.2) is 13.1 Å². The van der Waals surface area contributed by atoms with Crippen molar-refractivity contribution < 1.29 is 0 Å². The Morgan fingerprint density at radius 1 is 1.53 bits per heavy atom. The molecule has 0 spiro atoms. The fraction of sp³-hybridized carbons (Fsp3) is 0.500. The Bertz CT molecular complexity index is 436. The third-order valence-corrected chi connectivity index (χ3v) is 3.98. The van der Waals surface area contributed by atoms with Crippen molar-refractivity contribution in [3.05, 3.63) is 29.3 Å². The first kappa shape index (κ1) is 12.4. The molecule has 1 fully saturated rings. The normalized spacial score (nSPS) is 20.1. The first-order valence-electron chi connectivity index (χ1n) is 6.08. The molecule has 0 aromatic heterocycles. The van der Waals surface area contributed by atoms with Gasteiger partial charge in [-0.25, -0.2) is 0 Å². The number of hydrogen-bond donors (Lipinski definition) is 0. The molecule has 0 N–H and O–H groups in total. The third kappa shape index (κ3) is 2.81. The van der Waals surface area contributed by atoms with Crippen molar-refractivity contribution in [2.75, 3.05) is 18.0 Å². The Kier molecular flexibility index (Phi) is 4.06. The summed E-state index contributed by atoms with van der Waals surface area (Å²) in [6, 6.07) is 8.50. The molecule has 17 heavy (non-hydrogen) atoms. The maximum absolute atomic E-state index is 9.24. The second-order valence-corrected chi connectivity index (χ2v) is 5.35. The second kappa shape index (κ2) is 5.55. The van der Waals surface area contributed by atoms with Crippen molar-refractivity contribution in [2.45, 2.75) is 25.1 Å². The van der Waals surface area contributed by atoms with E-state index in [-0.39, 0.29) is 0 Å².